The van der Waals surface area contributed by atoms with Gasteiger partial charge in [-0.05, 0) is 43.0 Å². The molecule has 186 valence electrons. The summed E-state index contributed by atoms with van der Waals surface area (Å²) in [6.45, 7) is 2.64. The van der Waals surface area contributed by atoms with Gasteiger partial charge in [0.1, 0.15) is 10.6 Å². The molecule has 35 heavy (non-hydrogen) atoms. The Bertz CT molecular complexity index is 1340. The summed E-state index contributed by atoms with van der Waals surface area (Å²) in [4.78, 5) is 14.7. The van der Waals surface area contributed by atoms with Crippen molar-refractivity contribution < 1.29 is 18.3 Å². The first-order chi connectivity index (χ1) is 16.7. The molecular formula is C25H30N4O4S2. The standard InChI is InChI=1S/C25H30N4O4S2/c1-5-6-10-18-16-29(17-11-8-7-9-12-17)21-15-23(34-4)19(13-24(21)35(32,33)28(18)3)20-14-22(25(30)31)27(2)26-20/h7-9,11-15,18H,5-6,10,16H2,1-4H3,(H,30,31). The molecule has 1 aliphatic heterocycles. The number of sulfonamides is 1. The number of hydrogen-bond acceptors (Lipinski definition) is 6. The maximum absolute atomic E-state index is 13.9. The van der Waals surface area contributed by atoms with E-state index in [0.29, 0.717) is 23.5 Å². The Morgan fingerprint density at radius 2 is 1.89 bits per heavy atom. The van der Waals surface area contributed by atoms with Gasteiger partial charge in [0.15, 0.2) is 0 Å². The van der Waals surface area contributed by atoms with Crippen LogP contribution >= 0.6 is 11.8 Å². The molecule has 1 atom stereocenters. The molecule has 0 aliphatic carbocycles. The van der Waals surface area contributed by atoms with Gasteiger partial charge in [0.05, 0.1) is 11.4 Å². The molecule has 1 unspecified atom stereocenters. The third kappa shape index (κ3) is 4.70. The number of para-hydroxylation sites is 1. The summed E-state index contributed by atoms with van der Waals surface area (Å²) in [5, 5.41) is 13.9. The summed E-state index contributed by atoms with van der Waals surface area (Å²) in [7, 11) is -0.605. The minimum Gasteiger partial charge on any atom is -0.477 e. The number of carboxylic acid groups (broad SMARTS) is 1. The van der Waals surface area contributed by atoms with E-state index >= 15 is 0 Å². The number of fused-ring (bicyclic) bond motifs is 1. The lowest BCUT2D eigenvalue weighted by Gasteiger charge is -2.29. The molecular weight excluding hydrogens is 484 g/mol. The molecule has 0 spiro atoms. The summed E-state index contributed by atoms with van der Waals surface area (Å²) in [6.07, 6.45) is 4.58. The molecule has 8 nitrogen and oxygen atoms in total. The monoisotopic (exact) mass is 514 g/mol. The SMILES string of the molecule is CCCCC1CN(c2ccccc2)c2cc(SC)c(-c3cc(C(=O)O)n(C)n3)cc2S(=O)(=O)N1C. The van der Waals surface area contributed by atoms with Crippen LogP contribution in [0.3, 0.4) is 0 Å². The average Bonchev–Trinajstić information content (AvgIpc) is 3.22. The molecule has 1 N–H and O–H groups in total. The van der Waals surface area contributed by atoms with Crippen LogP contribution in [0.2, 0.25) is 0 Å². The van der Waals surface area contributed by atoms with Crippen LogP contribution in [0.4, 0.5) is 11.4 Å². The number of hydrogen-bond donors (Lipinski definition) is 1. The Balaban J connectivity index is 1.97. The van der Waals surface area contributed by atoms with Gasteiger partial charge in [-0.25, -0.2) is 13.2 Å². The van der Waals surface area contributed by atoms with Crippen LogP contribution in [0, 0.1) is 0 Å². The van der Waals surface area contributed by atoms with E-state index < -0.39 is 16.0 Å². The molecule has 1 aromatic heterocycles. The molecule has 10 heteroatoms. The molecule has 2 aromatic carbocycles. The topological polar surface area (TPSA) is 95.7 Å². The van der Waals surface area contributed by atoms with Gasteiger partial charge in [-0.15, -0.1) is 11.8 Å². The summed E-state index contributed by atoms with van der Waals surface area (Å²) in [6, 6.07) is 14.7. The smallest absolute Gasteiger partial charge is 0.354 e. The van der Waals surface area contributed by atoms with Crippen LogP contribution in [-0.4, -0.2) is 59.5 Å². The quantitative estimate of drug-likeness (QED) is 0.451. The van der Waals surface area contributed by atoms with Crippen molar-refractivity contribution in [2.75, 3.05) is 24.7 Å². The average molecular weight is 515 g/mol. The van der Waals surface area contributed by atoms with Crippen molar-refractivity contribution in [1.29, 1.82) is 0 Å². The third-order valence-corrected chi connectivity index (χ3v) is 9.19. The fourth-order valence-corrected chi connectivity index (χ4v) is 6.66. The largest absolute Gasteiger partial charge is 0.477 e. The molecule has 3 aromatic rings. The predicted molar refractivity (Wildman–Crippen MR) is 139 cm³/mol. The maximum Gasteiger partial charge on any atom is 0.354 e. The Labute approximate surface area is 210 Å². The van der Waals surface area contributed by atoms with Gasteiger partial charge < -0.3 is 10.0 Å². The van der Waals surface area contributed by atoms with E-state index in [4.69, 9.17) is 0 Å². The predicted octanol–water partition coefficient (Wildman–Crippen LogP) is 4.84. The van der Waals surface area contributed by atoms with E-state index in [0.717, 1.165) is 29.8 Å². The van der Waals surface area contributed by atoms with Crippen molar-refractivity contribution in [2.45, 2.75) is 42.0 Å². The molecule has 1 aliphatic rings. The number of anilines is 2. The normalized spacial score (nSPS) is 17.7. The van der Waals surface area contributed by atoms with Crippen molar-refractivity contribution in [3.63, 3.8) is 0 Å². The first-order valence-corrected chi connectivity index (χ1v) is 14.2. The van der Waals surface area contributed by atoms with Crippen LogP contribution in [0.25, 0.3) is 11.3 Å². The second kappa shape index (κ2) is 10.0. The second-order valence-electron chi connectivity index (χ2n) is 8.63. The van der Waals surface area contributed by atoms with Crippen molar-refractivity contribution >= 4 is 39.1 Å². The number of rotatable bonds is 7. The Kier molecular flexibility index (Phi) is 7.25. The van der Waals surface area contributed by atoms with Gasteiger partial charge in [0, 0.05) is 42.8 Å². The molecule has 0 amide bonds. The second-order valence-corrected chi connectivity index (χ2v) is 11.4. The highest BCUT2D eigenvalue weighted by Gasteiger charge is 2.37. The fourth-order valence-electron chi connectivity index (χ4n) is 4.48. The summed E-state index contributed by atoms with van der Waals surface area (Å²) in [5.74, 6) is -1.09. The van der Waals surface area contributed by atoms with Crippen LogP contribution in [0.1, 0.15) is 36.7 Å². The van der Waals surface area contributed by atoms with Crippen molar-refractivity contribution in [3.05, 3.63) is 54.2 Å². The summed E-state index contributed by atoms with van der Waals surface area (Å²) in [5.41, 5.74) is 2.59. The lowest BCUT2D eigenvalue weighted by molar-refractivity contribution is 0.0685. The van der Waals surface area contributed by atoms with Gasteiger partial charge in [-0.1, -0.05) is 38.0 Å². The van der Waals surface area contributed by atoms with Crippen LogP contribution < -0.4 is 4.90 Å². The van der Waals surface area contributed by atoms with E-state index in [1.807, 2.05) is 42.7 Å². The number of benzene rings is 2. The minimum absolute atomic E-state index is 0.0347. The fraction of sp³-hybridized carbons (Fsp3) is 0.360. The summed E-state index contributed by atoms with van der Waals surface area (Å²) >= 11 is 1.47. The lowest BCUT2D eigenvalue weighted by Crippen LogP contribution is -2.40. The van der Waals surface area contributed by atoms with Crippen LogP contribution in [-0.2, 0) is 17.1 Å². The molecule has 0 fully saturated rings. The van der Waals surface area contributed by atoms with Crippen LogP contribution in [0.5, 0.6) is 0 Å². The molecule has 0 radical (unpaired) electrons. The molecule has 4 rings (SSSR count). The number of aryl methyl sites for hydroxylation is 1. The minimum atomic E-state index is -3.82. The van der Waals surface area contributed by atoms with Gasteiger partial charge in [-0.2, -0.15) is 9.40 Å². The Hall–Kier alpha value is -2.82. The highest BCUT2D eigenvalue weighted by atomic mass is 32.2. The number of unbranched alkanes of at least 4 members (excludes halogenated alkanes) is 1. The molecule has 2 heterocycles. The maximum atomic E-state index is 13.9. The van der Waals surface area contributed by atoms with E-state index in [9.17, 15) is 18.3 Å². The number of aromatic carboxylic acids is 1. The van der Waals surface area contributed by atoms with Gasteiger partial charge in [0.25, 0.3) is 0 Å². The van der Waals surface area contributed by atoms with E-state index in [2.05, 4.69) is 16.9 Å². The molecule has 0 saturated carbocycles. The van der Waals surface area contributed by atoms with Gasteiger partial charge in [0.2, 0.25) is 10.0 Å². The number of nitrogens with zero attached hydrogens (tertiary/aromatic N) is 4. The molecule has 0 bridgehead atoms. The van der Waals surface area contributed by atoms with Gasteiger partial charge >= 0.3 is 5.97 Å². The van der Waals surface area contributed by atoms with E-state index in [1.54, 1.807) is 20.2 Å². The van der Waals surface area contributed by atoms with Crippen molar-refractivity contribution in [2.24, 2.45) is 7.05 Å². The first-order valence-electron chi connectivity index (χ1n) is 11.5. The zero-order valence-corrected chi connectivity index (χ0v) is 21.9. The number of carboxylic acids is 1. The third-order valence-electron chi connectivity index (χ3n) is 6.47. The zero-order valence-electron chi connectivity index (χ0n) is 20.3. The first kappa shape index (κ1) is 25.3. The Morgan fingerprint density at radius 3 is 2.49 bits per heavy atom. The number of thioether (sulfide) groups is 1. The highest BCUT2D eigenvalue weighted by molar-refractivity contribution is 7.98. The zero-order chi connectivity index (χ0) is 25.3. The summed E-state index contributed by atoms with van der Waals surface area (Å²) < 4.78 is 30.6. The number of aromatic nitrogens is 2. The number of likely N-dealkylation sites (N-methyl/N-ethyl adjacent to an activating group) is 1. The van der Waals surface area contributed by atoms with Crippen LogP contribution in [0.15, 0.2) is 58.3 Å². The highest BCUT2D eigenvalue weighted by Crippen LogP contribution is 2.43. The number of carbonyl (C=O) groups is 1. The lowest BCUT2D eigenvalue weighted by atomic mass is 10.1. The van der Waals surface area contributed by atoms with E-state index in [1.165, 1.54) is 26.8 Å². The van der Waals surface area contributed by atoms with Gasteiger partial charge in [-0.3, -0.25) is 4.68 Å². The molecule has 0 saturated heterocycles. The Morgan fingerprint density at radius 1 is 1.17 bits per heavy atom. The van der Waals surface area contributed by atoms with Crippen molar-refractivity contribution in [1.82, 2.24) is 14.1 Å². The van der Waals surface area contributed by atoms with Crippen molar-refractivity contribution in [3.8, 4) is 11.3 Å². The van der Waals surface area contributed by atoms with E-state index in [-0.39, 0.29) is 16.6 Å².